The van der Waals surface area contributed by atoms with Gasteiger partial charge in [0.25, 0.3) is 5.91 Å². The van der Waals surface area contributed by atoms with Crippen LogP contribution in [0.5, 0.6) is 5.75 Å². The average Bonchev–Trinajstić information content (AvgIpc) is 2.50. The Hall–Kier alpha value is -1.29. The second-order valence-corrected chi connectivity index (χ2v) is 5.52. The number of carbonyl (C=O) groups excluding carboxylic acids is 1. The Kier molecular flexibility index (Phi) is 4.64. The highest BCUT2D eigenvalue weighted by molar-refractivity contribution is 9.09. The number of hydrogen-bond acceptors (Lipinski definition) is 2. The van der Waals surface area contributed by atoms with Gasteiger partial charge >= 0.3 is 0 Å². The van der Waals surface area contributed by atoms with E-state index in [0.717, 1.165) is 36.0 Å². The Morgan fingerprint density at radius 1 is 1.26 bits per heavy atom. The van der Waals surface area contributed by atoms with E-state index < -0.39 is 0 Å². The van der Waals surface area contributed by atoms with Crippen molar-refractivity contribution in [2.45, 2.75) is 26.7 Å². The van der Waals surface area contributed by atoms with Crippen LogP contribution in [0.25, 0.3) is 0 Å². The van der Waals surface area contributed by atoms with Crippen molar-refractivity contribution in [2.24, 2.45) is 0 Å². The quantitative estimate of drug-likeness (QED) is 0.622. The van der Waals surface area contributed by atoms with Crippen molar-refractivity contribution in [1.29, 1.82) is 0 Å². The van der Waals surface area contributed by atoms with Crippen LogP contribution in [0.15, 0.2) is 30.2 Å². The van der Waals surface area contributed by atoms with E-state index in [1.165, 1.54) is 0 Å². The summed E-state index contributed by atoms with van der Waals surface area (Å²) in [4.78, 5) is 14.3. The van der Waals surface area contributed by atoms with Gasteiger partial charge in [0, 0.05) is 11.9 Å². The molecular formula is C15H18BrNO2. The number of unbranched alkanes of at least 4 members (excludes halogenated alkanes) is 1. The van der Waals surface area contributed by atoms with E-state index in [9.17, 15) is 4.79 Å². The van der Waals surface area contributed by atoms with Crippen LogP contribution in [0, 0.1) is 6.92 Å². The molecule has 0 spiro atoms. The lowest BCUT2D eigenvalue weighted by Crippen LogP contribution is -2.29. The first-order chi connectivity index (χ1) is 9.13. The molecule has 2 rings (SSSR count). The van der Waals surface area contributed by atoms with E-state index in [-0.39, 0.29) is 5.91 Å². The highest BCUT2D eigenvalue weighted by Crippen LogP contribution is 2.27. The van der Waals surface area contributed by atoms with Crippen LogP contribution in [0.3, 0.4) is 0 Å². The number of fused-ring (bicyclic) bond motifs is 1. The zero-order valence-corrected chi connectivity index (χ0v) is 12.9. The maximum atomic E-state index is 12.5. The van der Waals surface area contributed by atoms with Crippen LogP contribution in [-0.4, -0.2) is 22.7 Å². The van der Waals surface area contributed by atoms with Crippen LogP contribution < -0.4 is 4.74 Å². The van der Waals surface area contributed by atoms with Crippen molar-refractivity contribution in [3.05, 3.63) is 41.3 Å². The highest BCUT2D eigenvalue weighted by atomic mass is 79.9. The third-order valence-electron chi connectivity index (χ3n) is 3.16. The monoisotopic (exact) mass is 323 g/mol. The molecule has 3 nitrogen and oxygen atoms in total. The van der Waals surface area contributed by atoms with Gasteiger partial charge in [0.15, 0.2) is 0 Å². The summed E-state index contributed by atoms with van der Waals surface area (Å²) in [6.45, 7) is 4.62. The van der Waals surface area contributed by atoms with Crippen LogP contribution >= 0.6 is 15.9 Å². The normalized spacial score (nSPS) is 14.6. The van der Waals surface area contributed by atoms with E-state index in [1.54, 1.807) is 11.2 Å². The first kappa shape index (κ1) is 14.1. The summed E-state index contributed by atoms with van der Waals surface area (Å²) in [5.74, 6) is 0.670. The Balaban J connectivity index is 2.26. The van der Waals surface area contributed by atoms with Gasteiger partial charge in [0.05, 0.1) is 11.3 Å². The Morgan fingerprint density at radius 3 is 2.79 bits per heavy atom. The molecule has 1 heterocycles. The molecule has 19 heavy (non-hydrogen) atoms. The lowest BCUT2D eigenvalue weighted by molar-refractivity contribution is 0.0806. The van der Waals surface area contributed by atoms with Gasteiger partial charge in [-0.15, -0.1) is 0 Å². The largest absolute Gasteiger partial charge is 0.462 e. The SMILES string of the molecule is CC1=COc2cc(C)ccc2C(=O)N1CCCCBr. The molecule has 0 saturated carbocycles. The molecule has 0 N–H and O–H groups in total. The van der Waals surface area contributed by atoms with Gasteiger partial charge in [-0.05, 0) is 44.4 Å². The second kappa shape index (κ2) is 6.24. The molecule has 1 amide bonds. The van der Waals surface area contributed by atoms with E-state index in [0.29, 0.717) is 11.3 Å². The molecule has 0 aromatic heterocycles. The number of amides is 1. The first-order valence-corrected chi connectivity index (χ1v) is 7.57. The van der Waals surface area contributed by atoms with E-state index in [4.69, 9.17) is 4.74 Å². The lowest BCUT2D eigenvalue weighted by atomic mass is 10.1. The summed E-state index contributed by atoms with van der Waals surface area (Å²) in [5, 5.41) is 0.962. The number of alkyl halides is 1. The molecule has 102 valence electrons. The number of carbonyl (C=O) groups is 1. The maximum Gasteiger partial charge on any atom is 0.261 e. The Bertz CT molecular complexity index is 511. The molecule has 0 radical (unpaired) electrons. The minimum atomic E-state index is 0.0239. The summed E-state index contributed by atoms with van der Waals surface area (Å²) in [5.41, 5.74) is 2.58. The summed E-state index contributed by atoms with van der Waals surface area (Å²) < 4.78 is 5.61. The van der Waals surface area contributed by atoms with Gasteiger partial charge in [-0.1, -0.05) is 22.0 Å². The molecule has 0 fully saturated rings. The van der Waals surface area contributed by atoms with Crippen LogP contribution in [0.4, 0.5) is 0 Å². The third kappa shape index (κ3) is 3.18. The van der Waals surface area contributed by atoms with E-state index in [2.05, 4.69) is 15.9 Å². The van der Waals surface area contributed by atoms with Crippen LogP contribution in [-0.2, 0) is 0 Å². The number of hydrogen-bond donors (Lipinski definition) is 0. The van der Waals surface area contributed by atoms with Crippen LogP contribution in [0.2, 0.25) is 0 Å². The van der Waals surface area contributed by atoms with Crippen molar-refractivity contribution in [2.75, 3.05) is 11.9 Å². The van der Waals surface area contributed by atoms with Crippen molar-refractivity contribution in [1.82, 2.24) is 4.90 Å². The summed E-state index contributed by atoms with van der Waals surface area (Å²) in [6, 6.07) is 5.69. The number of ether oxygens (including phenoxy) is 1. The lowest BCUT2D eigenvalue weighted by Gasteiger charge is -2.21. The molecule has 4 heteroatoms. The molecule has 0 unspecified atom stereocenters. The summed E-state index contributed by atoms with van der Waals surface area (Å²) in [7, 11) is 0. The number of rotatable bonds is 4. The minimum Gasteiger partial charge on any atom is -0.462 e. The Labute approximate surface area is 122 Å². The van der Waals surface area contributed by atoms with Crippen molar-refractivity contribution in [3.8, 4) is 5.75 Å². The number of aryl methyl sites for hydroxylation is 1. The Morgan fingerprint density at radius 2 is 2.05 bits per heavy atom. The predicted molar refractivity (Wildman–Crippen MR) is 79.6 cm³/mol. The third-order valence-corrected chi connectivity index (χ3v) is 3.72. The number of nitrogens with zero attached hydrogens (tertiary/aromatic N) is 1. The molecule has 0 aliphatic carbocycles. The predicted octanol–water partition coefficient (Wildman–Crippen LogP) is 3.87. The summed E-state index contributed by atoms with van der Waals surface area (Å²) in [6.07, 6.45) is 3.69. The molecule has 0 atom stereocenters. The molecule has 1 aliphatic heterocycles. The van der Waals surface area contributed by atoms with Gasteiger partial charge in [-0.25, -0.2) is 0 Å². The maximum absolute atomic E-state index is 12.5. The fourth-order valence-corrected chi connectivity index (χ4v) is 2.46. The summed E-state index contributed by atoms with van der Waals surface area (Å²) >= 11 is 3.41. The molecule has 1 aliphatic rings. The topological polar surface area (TPSA) is 29.5 Å². The minimum absolute atomic E-state index is 0.0239. The first-order valence-electron chi connectivity index (χ1n) is 6.45. The van der Waals surface area contributed by atoms with E-state index in [1.807, 2.05) is 32.0 Å². The van der Waals surface area contributed by atoms with Gasteiger partial charge < -0.3 is 9.64 Å². The van der Waals surface area contributed by atoms with Crippen LogP contribution in [0.1, 0.15) is 35.7 Å². The number of benzene rings is 1. The highest BCUT2D eigenvalue weighted by Gasteiger charge is 2.23. The van der Waals surface area contributed by atoms with Gasteiger partial charge in [-0.3, -0.25) is 4.79 Å². The number of halogens is 1. The molecular weight excluding hydrogens is 306 g/mol. The van der Waals surface area contributed by atoms with E-state index >= 15 is 0 Å². The zero-order chi connectivity index (χ0) is 13.8. The fraction of sp³-hybridized carbons (Fsp3) is 0.400. The number of allylic oxidation sites excluding steroid dienone is 1. The average molecular weight is 324 g/mol. The smallest absolute Gasteiger partial charge is 0.261 e. The van der Waals surface area contributed by atoms with Gasteiger partial charge in [-0.2, -0.15) is 0 Å². The second-order valence-electron chi connectivity index (χ2n) is 4.73. The molecule has 0 bridgehead atoms. The van der Waals surface area contributed by atoms with Gasteiger partial charge in [0.1, 0.15) is 12.0 Å². The van der Waals surface area contributed by atoms with Crippen molar-refractivity contribution >= 4 is 21.8 Å². The molecule has 1 aromatic rings. The molecule has 1 aromatic carbocycles. The zero-order valence-electron chi connectivity index (χ0n) is 11.3. The fourth-order valence-electron chi connectivity index (χ4n) is 2.06. The molecule has 0 saturated heterocycles. The standard InChI is InChI=1S/C15H18BrNO2/c1-11-5-6-13-14(9-11)19-10-12(2)17(15(13)18)8-4-3-7-16/h5-6,9-10H,3-4,7-8H2,1-2H3. The van der Waals surface area contributed by atoms with Crippen molar-refractivity contribution < 1.29 is 9.53 Å². The van der Waals surface area contributed by atoms with Crippen molar-refractivity contribution in [3.63, 3.8) is 0 Å². The van der Waals surface area contributed by atoms with Gasteiger partial charge in [0.2, 0.25) is 0 Å².